The van der Waals surface area contributed by atoms with Crippen molar-refractivity contribution in [1.29, 1.82) is 0 Å². The van der Waals surface area contributed by atoms with Crippen molar-refractivity contribution < 1.29 is 9.53 Å². The smallest absolute Gasteiger partial charge is 0.267 e. The van der Waals surface area contributed by atoms with E-state index in [1.165, 1.54) is 6.07 Å². The zero-order chi connectivity index (χ0) is 13.0. The molecule has 1 aliphatic heterocycles. The summed E-state index contributed by atoms with van der Waals surface area (Å²) in [5.74, 6) is 0.129. The van der Waals surface area contributed by atoms with E-state index in [-0.39, 0.29) is 17.6 Å². The van der Waals surface area contributed by atoms with E-state index in [0.29, 0.717) is 18.2 Å². The first-order valence-electron chi connectivity index (χ1n) is 6.30. The van der Waals surface area contributed by atoms with Crippen LogP contribution < -0.4 is 10.9 Å². The number of amides is 1. The molecule has 0 spiro atoms. The Labute approximate surface area is 106 Å². The Balaban J connectivity index is 1.90. The molecule has 1 amide bonds. The average molecular weight is 250 g/mol. The second-order valence-electron chi connectivity index (χ2n) is 4.50. The van der Waals surface area contributed by atoms with Gasteiger partial charge >= 0.3 is 0 Å². The summed E-state index contributed by atoms with van der Waals surface area (Å²) in [5.41, 5.74) is 0.0350. The number of pyridine rings is 1. The Morgan fingerprint density at radius 1 is 1.56 bits per heavy atom. The first kappa shape index (κ1) is 12.8. The predicted molar refractivity (Wildman–Crippen MR) is 67.5 cm³/mol. The normalized spacial score (nSPS) is 22.9. The molecule has 18 heavy (non-hydrogen) atoms. The number of hydrogen-bond acceptors (Lipinski definition) is 3. The van der Waals surface area contributed by atoms with Gasteiger partial charge in [0.2, 0.25) is 5.56 Å². The fourth-order valence-corrected chi connectivity index (χ4v) is 2.28. The molecule has 5 nitrogen and oxygen atoms in total. The van der Waals surface area contributed by atoms with Gasteiger partial charge in [-0.3, -0.25) is 9.59 Å². The molecule has 5 heteroatoms. The highest BCUT2D eigenvalue weighted by molar-refractivity contribution is 5.92. The van der Waals surface area contributed by atoms with Gasteiger partial charge in [-0.15, -0.1) is 0 Å². The van der Waals surface area contributed by atoms with Gasteiger partial charge in [0.15, 0.2) is 0 Å². The Kier molecular flexibility index (Phi) is 4.15. The van der Waals surface area contributed by atoms with Crippen LogP contribution in [0.15, 0.2) is 23.0 Å². The second kappa shape index (κ2) is 5.82. The summed E-state index contributed by atoms with van der Waals surface area (Å²) in [5, 5.41) is 2.84. The van der Waals surface area contributed by atoms with Crippen molar-refractivity contribution >= 4 is 5.91 Å². The lowest BCUT2D eigenvalue weighted by Crippen LogP contribution is -2.33. The summed E-state index contributed by atoms with van der Waals surface area (Å²) in [6.45, 7) is 3.44. The van der Waals surface area contributed by atoms with Crippen molar-refractivity contribution in [2.75, 3.05) is 13.2 Å². The highest BCUT2D eigenvalue weighted by Crippen LogP contribution is 2.22. The summed E-state index contributed by atoms with van der Waals surface area (Å²) in [7, 11) is 0. The van der Waals surface area contributed by atoms with Gasteiger partial charge in [0.05, 0.1) is 6.10 Å². The fraction of sp³-hybridized carbons (Fsp3) is 0.538. The van der Waals surface area contributed by atoms with Crippen molar-refractivity contribution in [2.45, 2.75) is 25.9 Å². The quantitative estimate of drug-likeness (QED) is 0.834. The van der Waals surface area contributed by atoms with Crippen LogP contribution >= 0.6 is 0 Å². The monoisotopic (exact) mass is 250 g/mol. The van der Waals surface area contributed by atoms with Crippen LogP contribution in [0.25, 0.3) is 0 Å². The predicted octanol–water partition coefficient (Wildman–Crippen LogP) is 0.920. The van der Waals surface area contributed by atoms with E-state index in [2.05, 4.69) is 17.2 Å². The molecule has 2 rings (SSSR count). The molecule has 1 aromatic rings. The van der Waals surface area contributed by atoms with Crippen molar-refractivity contribution in [2.24, 2.45) is 5.92 Å². The number of aromatic nitrogens is 1. The van der Waals surface area contributed by atoms with E-state index in [1.54, 1.807) is 12.1 Å². The fourth-order valence-electron chi connectivity index (χ4n) is 2.28. The maximum atomic E-state index is 11.8. The van der Waals surface area contributed by atoms with E-state index >= 15 is 0 Å². The highest BCUT2D eigenvalue weighted by Gasteiger charge is 2.26. The van der Waals surface area contributed by atoms with E-state index in [0.717, 1.165) is 19.4 Å². The number of carbonyl (C=O) groups excluding carboxylic acids is 1. The van der Waals surface area contributed by atoms with Crippen LogP contribution in [0.1, 0.15) is 30.3 Å². The van der Waals surface area contributed by atoms with Crippen LogP contribution in [0.5, 0.6) is 0 Å². The number of hydrogen-bond donors (Lipinski definition) is 2. The third-order valence-electron chi connectivity index (χ3n) is 3.29. The molecular weight excluding hydrogens is 232 g/mol. The number of carbonyl (C=O) groups is 1. The van der Waals surface area contributed by atoms with Crippen molar-refractivity contribution in [3.63, 3.8) is 0 Å². The molecule has 0 saturated carbocycles. The first-order valence-corrected chi connectivity index (χ1v) is 6.30. The topological polar surface area (TPSA) is 71.2 Å². The van der Waals surface area contributed by atoms with Gasteiger partial charge in [0, 0.05) is 25.1 Å². The van der Waals surface area contributed by atoms with Crippen LogP contribution in [-0.2, 0) is 4.74 Å². The zero-order valence-electron chi connectivity index (χ0n) is 10.4. The summed E-state index contributed by atoms with van der Waals surface area (Å²) in [4.78, 5) is 25.4. The minimum atomic E-state index is -0.265. The Hall–Kier alpha value is -1.62. The maximum Gasteiger partial charge on any atom is 0.267 e. The molecule has 1 aromatic heterocycles. The van der Waals surface area contributed by atoms with Crippen molar-refractivity contribution in [1.82, 2.24) is 10.3 Å². The molecular formula is C13H18N2O3. The Bertz CT molecular complexity index is 469. The van der Waals surface area contributed by atoms with Gasteiger partial charge in [-0.25, -0.2) is 0 Å². The summed E-state index contributed by atoms with van der Waals surface area (Å²) >= 11 is 0. The van der Waals surface area contributed by atoms with Crippen LogP contribution in [0.4, 0.5) is 0 Å². The van der Waals surface area contributed by atoms with Gasteiger partial charge in [0.1, 0.15) is 5.69 Å². The molecule has 0 aliphatic carbocycles. The lowest BCUT2D eigenvalue weighted by atomic mass is 10.00. The van der Waals surface area contributed by atoms with E-state index < -0.39 is 0 Å². The number of rotatable bonds is 4. The van der Waals surface area contributed by atoms with Crippen LogP contribution in [0, 0.1) is 5.92 Å². The largest absolute Gasteiger partial charge is 0.378 e. The molecule has 2 N–H and O–H groups in total. The molecule has 2 atom stereocenters. The molecule has 2 unspecified atom stereocenters. The first-order chi connectivity index (χ1) is 8.70. The van der Waals surface area contributed by atoms with Gasteiger partial charge in [0.25, 0.3) is 5.91 Å². The molecule has 1 aliphatic rings. The average Bonchev–Trinajstić information content (AvgIpc) is 2.83. The molecule has 0 aromatic carbocycles. The molecule has 1 saturated heterocycles. The second-order valence-corrected chi connectivity index (χ2v) is 4.50. The molecule has 0 radical (unpaired) electrons. The SMILES string of the molecule is CCC1OCCC1CNC(=O)c1cccc(=O)[nH]1. The van der Waals surface area contributed by atoms with Gasteiger partial charge in [-0.1, -0.05) is 13.0 Å². The van der Waals surface area contributed by atoms with E-state index in [9.17, 15) is 9.59 Å². The van der Waals surface area contributed by atoms with Gasteiger partial charge in [-0.05, 0) is 18.9 Å². The summed E-state index contributed by atoms with van der Waals surface area (Å²) in [6.07, 6.45) is 2.17. The summed E-state index contributed by atoms with van der Waals surface area (Å²) < 4.78 is 5.56. The zero-order valence-corrected chi connectivity index (χ0v) is 10.4. The van der Waals surface area contributed by atoms with E-state index in [4.69, 9.17) is 4.74 Å². The van der Waals surface area contributed by atoms with Gasteiger partial charge in [-0.2, -0.15) is 0 Å². The van der Waals surface area contributed by atoms with Crippen LogP contribution in [0.3, 0.4) is 0 Å². The third kappa shape index (κ3) is 2.98. The lowest BCUT2D eigenvalue weighted by molar-refractivity contribution is 0.0825. The standard InChI is InChI=1S/C13H18N2O3/c1-2-11-9(6-7-18-11)8-14-13(17)10-4-3-5-12(16)15-10/h3-5,9,11H,2,6-8H2,1H3,(H,14,17)(H,15,16). The Morgan fingerprint density at radius 2 is 2.39 bits per heavy atom. The molecule has 2 heterocycles. The van der Waals surface area contributed by atoms with Crippen LogP contribution in [-0.4, -0.2) is 30.1 Å². The van der Waals surface area contributed by atoms with Crippen molar-refractivity contribution in [3.8, 4) is 0 Å². The number of ether oxygens (including phenoxy) is 1. The molecule has 1 fully saturated rings. The minimum absolute atomic E-state index is 0.236. The maximum absolute atomic E-state index is 11.8. The minimum Gasteiger partial charge on any atom is -0.378 e. The Morgan fingerprint density at radius 3 is 3.11 bits per heavy atom. The third-order valence-corrected chi connectivity index (χ3v) is 3.29. The molecule has 0 bridgehead atoms. The lowest BCUT2D eigenvalue weighted by Gasteiger charge is -2.17. The highest BCUT2D eigenvalue weighted by atomic mass is 16.5. The van der Waals surface area contributed by atoms with E-state index in [1.807, 2.05) is 0 Å². The summed E-state index contributed by atoms with van der Waals surface area (Å²) in [6, 6.07) is 4.55. The van der Waals surface area contributed by atoms with Gasteiger partial charge < -0.3 is 15.0 Å². The number of aromatic amines is 1. The molecule has 98 valence electrons. The van der Waals surface area contributed by atoms with Crippen LogP contribution in [0.2, 0.25) is 0 Å². The van der Waals surface area contributed by atoms with Crippen molar-refractivity contribution in [3.05, 3.63) is 34.2 Å². The number of H-pyrrole nitrogens is 1. The number of nitrogens with one attached hydrogen (secondary N) is 2.